The van der Waals surface area contributed by atoms with Crippen molar-refractivity contribution in [3.63, 3.8) is 0 Å². The Labute approximate surface area is 201 Å². The van der Waals surface area contributed by atoms with Crippen LogP contribution in [0.4, 0.5) is 0 Å². The quantitative estimate of drug-likeness (QED) is 0.320. The molecule has 0 spiro atoms. The number of hydrogen-bond acceptors (Lipinski definition) is 5. The van der Waals surface area contributed by atoms with E-state index in [4.69, 9.17) is 9.73 Å². The summed E-state index contributed by atoms with van der Waals surface area (Å²) < 4.78 is 8.05. The van der Waals surface area contributed by atoms with Crippen molar-refractivity contribution in [1.82, 2.24) is 30.3 Å². The number of para-hydroxylation sites is 1. The van der Waals surface area contributed by atoms with Crippen LogP contribution < -0.4 is 15.4 Å². The average Bonchev–Trinajstić information content (AvgIpc) is 3.47. The number of ether oxygens (including phenoxy) is 1. The van der Waals surface area contributed by atoms with Crippen LogP contribution in [-0.4, -0.2) is 63.9 Å². The number of aromatic nitrogens is 3. The molecule has 170 valence electrons. The minimum Gasteiger partial charge on any atom is -0.488 e. The molecule has 1 aromatic carbocycles. The predicted octanol–water partition coefficient (Wildman–Crippen LogP) is 2.26. The van der Waals surface area contributed by atoms with E-state index in [0.717, 1.165) is 42.9 Å². The number of halogens is 1. The second kappa shape index (κ2) is 11.1. The fourth-order valence-corrected chi connectivity index (χ4v) is 4.25. The highest BCUT2D eigenvalue weighted by Crippen LogP contribution is 2.27. The van der Waals surface area contributed by atoms with Crippen LogP contribution in [0.2, 0.25) is 0 Å². The molecule has 8 nitrogen and oxygen atoms in total. The number of guanidine groups is 1. The first-order valence-electron chi connectivity index (χ1n) is 11.0. The van der Waals surface area contributed by atoms with Crippen molar-refractivity contribution in [2.45, 2.75) is 51.8 Å². The molecule has 0 saturated carbocycles. The lowest BCUT2D eigenvalue weighted by molar-refractivity contribution is 0.234. The highest BCUT2D eigenvalue weighted by atomic mass is 127. The molecule has 3 heterocycles. The Kier molecular flexibility index (Phi) is 8.53. The van der Waals surface area contributed by atoms with Crippen LogP contribution in [0.15, 0.2) is 29.3 Å². The lowest BCUT2D eigenvalue weighted by Crippen LogP contribution is -2.47. The number of hydrogen-bond donors (Lipinski definition) is 2. The summed E-state index contributed by atoms with van der Waals surface area (Å²) in [6.07, 6.45) is 3.54. The third kappa shape index (κ3) is 5.88. The second-order valence-corrected chi connectivity index (χ2v) is 8.13. The van der Waals surface area contributed by atoms with Gasteiger partial charge in [-0.3, -0.25) is 4.90 Å². The maximum absolute atomic E-state index is 6.07. The van der Waals surface area contributed by atoms with Crippen LogP contribution in [0, 0.1) is 6.92 Å². The van der Waals surface area contributed by atoms with Gasteiger partial charge < -0.3 is 19.9 Å². The summed E-state index contributed by atoms with van der Waals surface area (Å²) in [5.41, 5.74) is 1.27. The minimum absolute atomic E-state index is 0. The molecular formula is C22H34IN7O. The Balaban J connectivity index is 0.00000272. The summed E-state index contributed by atoms with van der Waals surface area (Å²) in [5, 5.41) is 15.4. The number of likely N-dealkylation sites (tertiary alicyclic amines) is 1. The van der Waals surface area contributed by atoms with Crippen molar-refractivity contribution in [1.29, 1.82) is 0 Å². The molecular weight excluding hydrogens is 505 g/mol. The minimum atomic E-state index is 0. The third-order valence-electron chi connectivity index (χ3n) is 6.18. The lowest BCUT2D eigenvalue weighted by Gasteiger charge is -2.24. The molecule has 1 aromatic heterocycles. The zero-order chi connectivity index (χ0) is 20.9. The molecule has 2 atom stereocenters. The van der Waals surface area contributed by atoms with E-state index in [2.05, 4.69) is 44.8 Å². The van der Waals surface area contributed by atoms with Crippen LogP contribution in [0.3, 0.4) is 0 Å². The van der Waals surface area contributed by atoms with Gasteiger partial charge in [-0.25, -0.2) is 4.99 Å². The normalized spacial score (nSPS) is 20.8. The van der Waals surface area contributed by atoms with E-state index < -0.39 is 0 Å². The summed E-state index contributed by atoms with van der Waals surface area (Å²) >= 11 is 0. The predicted molar refractivity (Wildman–Crippen MR) is 133 cm³/mol. The molecule has 0 bridgehead atoms. The zero-order valence-corrected chi connectivity index (χ0v) is 21.0. The Morgan fingerprint density at radius 2 is 2.03 bits per heavy atom. The van der Waals surface area contributed by atoms with Gasteiger partial charge in [0.25, 0.3) is 0 Å². The number of fused-ring (bicyclic) bond motifs is 1. The second-order valence-electron chi connectivity index (χ2n) is 8.13. The lowest BCUT2D eigenvalue weighted by atomic mass is 10.1. The molecule has 2 aliphatic rings. The molecule has 1 fully saturated rings. The van der Waals surface area contributed by atoms with Gasteiger partial charge in [0.1, 0.15) is 24.2 Å². The van der Waals surface area contributed by atoms with E-state index in [9.17, 15) is 0 Å². The van der Waals surface area contributed by atoms with Crippen LogP contribution in [0.25, 0.3) is 0 Å². The smallest absolute Gasteiger partial charge is 0.191 e. The number of nitrogens with zero attached hydrogens (tertiary/aromatic N) is 5. The van der Waals surface area contributed by atoms with E-state index >= 15 is 0 Å². The van der Waals surface area contributed by atoms with Gasteiger partial charge in [0, 0.05) is 26.1 Å². The molecule has 31 heavy (non-hydrogen) atoms. The highest BCUT2D eigenvalue weighted by molar-refractivity contribution is 14.0. The Hall–Kier alpha value is -1.88. The van der Waals surface area contributed by atoms with E-state index in [-0.39, 0.29) is 30.1 Å². The van der Waals surface area contributed by atoms with Crippen molar-refractivity contribution in [3.8, 4) is 5.75 Å². The van der Waals surface area contributed by atoms with Crippen LogP contribution in [0.5, 0.6) is 5.75 Å². The molecule has 2 aliphatic heterocycles. The number of aliphatic imine (C=N–C) groups is 1. The monoisotopic (exact) mass is 539 g/mol. The van der Waals surface area contributed by atoms with Gasteiger partial charge in [0.05, 0.1) is 6.54 Å². The Bertz CT molecular complexity index is 859. The average molecular weight is 539 g/mol. The molecule has 1 saturated heterocycles. The van der Waals surface area contributed by atoms with Gasteiger partial charge >= 0.3 is 0 Å². The zero-order valence-electron chi connectivity index (χ0n) is 18.7. The Morgan fingerprint density at radius 3 is 2.77 bits per heavy atom. The molecule has 2 unspecified atom stereocenters. The summed E-state index contributed by atoms with van der Waals surface area (Å²) in [6, 6.07) is 8.83. The number of benzene rings is 1. The summed E-state index contributed by atoms with van der Waals surface area (Å²) in [6.45, 7) is 8.56. The molecule has 2 N–H and O–H groups in total. The van der Waals surface area contributed by atoms with E-state index in [1.165, 1.54) is 24.9 Å². The largest absolute Gasteiger partial charge is 0.488 e. The maximum atomic E-state index is 6.07. The SMILES string of the molecule is CCN1CCCC1CNC(=NCc1nnc(C)n1C)NCC1Cc2ccccc2O1.I. The molecule has 9 heteroatoms. The van der Waals surface area contributed by atoms with E-state index in [1.54, 1.807) is 0 Å². The van der Waals surface area contributed by atoms with Crippen molar-refractivity contribution in [2.75, 3.05) is 26.2 Å². The fraction of sp³-hybridized carbons (Fsp3) is 0.591. The Morgan fingerprint density at radius 1 is 1.23 bits per heavy atom. The van der Waals surface area contributed by atoms with Gasteiger partial charge in [-0.15, -0.1) is 34.2 Å². The van der Waals surface area contributed by atoms with E-state index in [0.29, 0.717) is 19.1 Å². The molecule has 0 amide bonds. The van der Waals surface area contributed by atoms with Crippen LogP contribution in [0.1, 0.15) is 37.0 Å². The third-order valence-corrected chi connectivity index (χ3v) is 6.18. The highest BCUT2D eigenvalue weighted by Gasteiger charge is 2.24. The summed E-state index contributed by atoms with van der Waals surface area (Å²) in [7, 11) is 1.97. The first-order valence-corrected chi connectivity index (χ1v) is 11.0. The van der Waals surface area contributed by atoms with Crippen molar-refractivity contribution >= 4 is 29.9 Å². The molecule has 0 radical (unpaired) electrons. The molecule has 4 rings (SSSR count). The van der Waals surface area contributed by atoms with E-state index in [1.807, 2.05) is 30.7 Å². The first-order chi connectivity index (χ1) is 14.6. The van der Waals surface area contributed by atoms with Crippen LogP contribution >= 0.6 is 24.0 Å². The topological polar surface area (TPSA) is 79.6 Å². The summed E-state index contributed by atoms with van der Waals surface area (Å²) in [5.74, 6) is 3.55. The van der Waals surface area contributed by atoms with Gasteiger partial charge in [-0.2, -0.15) is 0 Å². The van der Waals surface area contributed by atoms with Crippen molar-refractivity contribution < 1.29 is 4.74 Å². The van der Waals surface area contributed by atoms with Crippen molar-refractivity contribution in [2.24, 2.45) is 12.0 Å². The van der Waals surface area contributed by atoms with Gasteiger partial charge in [-0.05, 0) is 44.5 Å². The number of nitrogens with one attached hydrogen (secondary N) is 2. The number of rotatable bonds is 7. The van der Waals surface area contributed by atoms with Gasteiger partial charge in [0.2, 0.25) is 0 Å². The maximum Gasteiger partial charge on any atom is 0.191 e. The molecule has 2 aromatic rings. The molecule has 0 aliphatic carbocycles. The number of aryl methyl sites for hydroxylation is 1. The number of likely N-dealkylation sites (N-methyl/N-ethyl adjacent to an activating group) is 1. The first kappa shape index (κ1) is 23.8. The van der Waals surface area contributed by atoms with Crippen molar-refractivity contribution in [3.05, 3.63) is 41.5 Å². The summed E-state index contributed by atoms with van der Waals surface area (Å²) in [4.78, 5) is 7.32. The van der Waals surface area contributed by atoms with Gasteiger partial charge in [-0.1, -0.05) is 25.1 Å². The van der Waals surface area contributed by atoms with Crippen LogP contribution in [-0.2, 0) is 20.0 Å². The standard InChI is InChI=1S/C22H33N7O.HI/c1-4-29-11-7-9-18(29)13-23-22(25-15-21-27-26-16(2)28(21)3)24-14-19-12-17-8-5-6-10-20(17)30-19;/h5-6,8,10,18-19H,4,7,9,11-15H2,1-3H3,(H2,23,24,25);1H. The van der Waals surface area contributed by atoms with Gasteiger partial charge in [0.15, 0.2) is 11.8 Å². The fourth-order valence-electron chi connectivity index (χ4n) is 4.25.